The van der Waals surface area contributed by atoms with Gasteiger partial charge in [-0.1, -0.05) is 10.3 Å². The highest BCUT2D eigenvalue weighted by atomic mass is 32.2. The van der Waals surface area contributed by atoms with Crippen LogP contribution in [0.4, 0.5) is 0 Å². The minimum absolute atomic E-state index is 0.354. The van der Waals surface area contributed by atoms with Gasteiger partial charge in [0.05, 0.1) is 26.0 Å². The lowest BCUT2D eigenvalue weighted by atomic mass is 9.62. The lowest BCUT2D eigenvalue weighted by molar-refractivity contribution is 0.0876. The number of rotatable bonds is 5. The number of amidine groups is 1. The standard InChI is InChI=1S/C20H27N2O2S.Al/c1-11-9-25-10-16(18(11)24-4)19(21)22-13-5-20(6-13)7-14-15(8-20)17(14)12(2)23-3;/h13-15,17H,2,5-9H2,1,3-4H3,(H2,21,22);. The molecule has 0 saturated heterocycles. The lowest BCUT2D eigenvalue weighted by Gasteiger charge is -2.45. The van der Waals surface area contributed by atoms with Crippen LogP contribution in [-0.2, 0) is 9.47 Å². The number of hydrogen-bond acceptors (Lipinski definition) is 4. The minimum Gasteiger partial charge on any atom is -0.501 e. The molecule has 3 fully saturated rings. The number of allylic oxidation sites excluding steroid dienone is 1. The van der Waals surface area contributed by atoms with Crippen LogP contribution in [-0.4, -0.2) is 48.1 Å². The van der Waals surface area contributed by atoms with Gasteiger partial charge in [0.15, 0.2) is 16.3 Å². The number of thioether (sulfide) groups is 1. The molecule has 0 aromatic rings. The second-order valence-corrected chi connectivity index (χ2v) is 10.4. The molecule has 3 saturated carbocycles. The average Bonchev–Trinajstić information content (AvgIpc) is 3.10. The summed E-state index contributed by atoms with van der Waals surface area (Å²) in [6.45, 7) is 6.16. The number of hydrogen-bond donors (Lipinski definition) is 1. The number of nitrogens with two attached hydrogens (primary N) is 1. The molecule has 0 bridgehead atoms. The first-order valence-corrected chi connectivity index (χ1v) is 10.9. The molecular weight excluding hydrogens is 359 g/mol. The van der Waals surface area contributed by atoms with Gasteiger partial charge in [0, 0.05) is 17.2 Å². The third-order valence-electron chi connectivity index (χ3n) is 6.73. The van der Waals surface area contributed by atoms with Gasteiger partial charge in [0.1, 0.15) is 11.6 Å². The highest BCUT2D eigenvalue weighted by molar-refractivity contribution is 8.04. The summed E-state index contributed by atoms with van der Waals surface area (Å²) >= 11 is 4.58. The lowest BCUT2D eigenvalue weighted by Crippen LogP contribution is -2.40. The van der Waals surface area contributed by atoms with Crippen LogP contribution in [0, 0.1) is 23.2 Å². The van der Waals surface area contributed by atoms with E-state index in [0.29, 0.717) is 23.2 Å². The molecule has 3 aliphatic carbocycles. The topological polar surface area (TPSA) is 56.8 Å². The SMILES string of the molecule is C=C(OC)C1C2CC3(CC(N=C(N)C4=[C]([Al])SCC(C)=C4OC)C3)CC21. The maximum atomic E-state index is 6.40. The predicted octanol–water partition coefficient (Wildman–Crippen LogP) is 3.36. The van der Waals surface area contributed by atoms with Crippen LogP contribution < -0.4 is 5.73 Å². The Hall–Kier alpha value is -0.828. The van der Waals surface area contributed by atoms with E-state index in [9.17, 15) is 0 Å². The Morgan fingerprint density at radius 1 is 1.27 bits per heavy atom. The molecule has 2 atom stereocenters. The summed E-state index contributed by atoms with van der Waals surface area (Å²) < 4.78 is 12.1. The molecule has 1 aliphatic heterocycles. The molecule has 1 spiro atoms. The zero-order chi connectivity index (χ0) is 18.6. The molecule has 0 aromatic carbocycles. The Bertz CT molecular complexity index is 722. The van der Waals surface area contributed by atoms with Gasteiger partial charge >= 0.3 is 0 Å². The van der Waals surface area contributed by atoms with Crippen molar-refractivity contribution in [1.82, 2.24) is 0 Å². The van der Waals surface area contributed by atoms with E-state index in [0.717, 1.165) is 38.4 Å². The Balaban J connectivity index is 1.39. The second kappa shape index (κ2) is 6.65. The molecule has 0 amide bonds. The summed E-state index contributed by atoms with van der Waals surface area (Å²) in [7, 11) is 3.46. The fourth-order valence-corrected chi connectivity index (χ4v) is 6.87. The van der Waals surface area contributed by atoms with Crippen molar-refractivity contribution in [2.75, 3.05) is 20.0 Å². The van der Waals surface area contributed by atoms with Gasteiger partial charge in [-0.15, -0.1) is 11.8 Å². The van der Waals surface area contributed by atoms with Crippen molar-refractivity contribution in [3.8, 4) is 0 Å². The zero-order valence-electron chi connectivity index (χ0n) is 15.9. The normalized spacial score (nSPS) is 39.0. The number of aliphatic imine (C=N–C) groups is 1. The number of fused-ring (bicyclic) bond motifs is 1. The van der Waals surface area contributed by atoms with Crippen LogP contribution >= 0.6 is 11.8 Å². The first kappa shape index (κ1) is 18.5. The third-order valence-corrected chi connectivity index (χ3v) is 8.61. The summed E-state index contributed by atoms with van der Waals surface area (Å²) in [6, 6.07) is 0.354. The van der Waals surface area contributed by atoms with Gasteiger partial charge in [-0.2, -0.15) is 0 Å². The summed E-state index contributed by atoms with van der Waals surface area (Å²) in [4.78, 5) is 4.87. The zero-order valence-corrected chi connectivity index (χ0v) is 17.8. The minimum atomic E-state index is 0.354. The van der Waals surface area contributed by atoms with Crippen molar-refractivity contribution < 1.29 is 9.47 Å². The van der Waals surface area contributed by atoms with E-state index in [4.69, 9.17) is 20.2 Å². The first-order valence-electron chi connectivity index (χ1n) is 9.32. The number of methoxy groups -OCH3 is 2. The summed E-state index contributed by atoms with van der Waals surface area (Å²) in [5.41, 5.74) is 9.10. The fourth-order valence-electron chi connectivity index (χ4n) is 5.49. The Kier molecular flexibility index (Phi) is 4.74. The largest absolute Gasteiger partial charge is 0.501 e. The van der Waals surface area contributed by atoms with E-state index in [1.54, 1.807) is 26.0 Å². The van der Waals surface area contributed by atoms with Crippen molar-refractivity contribution >= 4 is 33.9 Å². The van der Waals surface area contributed by atoms with Crippen LogP contribution in [0.15, 0.2) is 38.0 Å². The molecule has 0 aromatic heterocycles. The van der Waals surface area contributed by atoms with Crippen molar-refractivity contribution in [2.24, 2.45) is 33.9 Å². The average molecular weight is 386 g/mol. The molecule has 26 heavy (non-hydrogen) atoms. The fraction of sp³-hybridized carbons (Fsp3) is 0.650. The predicted molar refractivity (Wildman–Crippen MR) is 108 cm³/mol. The monoisotopic (exact) mass is 386 g/mol. The highest BCUT2D eigenvalue weighted by Gasteiger charge is 2.65. The molecular formula is C20H27AlN2O2S. The Morgan fingerprint density at radius 3 is 2.50 bits per heavy atom. The van der Waals surface area contributed by atoms with Crippen LogP contribution in [0.2, 0.25) is 0 Å². The summed E-state index contributed by atoms with van der Waals surface area (Å²) in [5, 5.41) is 0. The maximum absolute atomic E-state index is 6.40. The van der Waals surface area contributed by atoms with Crippen LogP contribution in [0.5, 0.6) is 0 Å². The van der Waals surface area contributed by atoms with Gasteiger partial charge in [0.25, 0.3) is 0 Å². The van der Waals surface area contributed by atoms with Gasteiger partial charge in [-0.05, 0) is 55.4 Å². The van der Waals surface area contributed by atoms with E-state index >= 15 is 0 Å². The van der Waals surface area contributed by atoms with Crippen molar-refractivity contribution in [1.29, 1.82) is 0 Å². The van der Waals surface area contributed by atoms with Gasteiger partial charge in [-0.25, -0.2) is 0 Å². The van der Waals surface area contributed by atoms with Gasteiger partial charge in [0.2, 0.25) is 0 Å². The highest BCUT2D eigenvalue weighted by Crippen LogP contribution is 2.71. The van der Waals surface area contributed by atoms with Crippen molar-refractivity contribution in [3.05, 3.63) is 33.0 Å². The van der Waals surface area contributed by atoms with Crippen LogP contribution in [0.25, 0.3) is 0 Å². The van der Waals surface area contributed by atoms with Crippen LogP contribution in [0.1, 0.15) is 32.6 Å². The van der Waals surface area contributed by atoms with Crippen LogP contribution in [0.3, 0.4) is 0 Å². The first-order chi connectivity index (χ1) is 12.4. The number of nitrogens with zero attached hydrogens (tertiary/aromatic N) is 1. The Morgan fingerprint density at radius 2 is 1.92 bits per heavy atom. The second-order valence-electron chi connectivity index (χ2n) is 8.35. The molecule has 4 nitrogen and oxygen atoms in total. The molecule has 2 N–H and O–H groups in total. The van der Waals surface area contributed by atoms with Gasteiger partial charge in [-0.3, -0.25) is 4.99 Å². The van der Waals surface area contributed by atoms with Crippen molar-refractivity contribution in [2.45, 2.75) is 38.6 Å². The van der Waals surface area contributed by atoms with E-state index in [2.05, 4.69) is 29.8 Å². The molecule has 2 unspecified atom stereocenters. The summed E-state index contributed by atoms with van der Waals surface area (Å²) in [6.07, 6.45) is 4.97. The third kappa shape index (κ3) is 2.95. The Labute approximate surface area is 168 Å². The molecule has 4 aliphatic rings. The molecule has 6 heteroatoms. The molecule has 2 radical (unpaired) electrons. The summed E-state index contributed by atoms with van der Waals surface area (Å²) in [5.74, 6) is 5.66. The quantitative estimate of drug-likeness (QED) is 0.341. The van der Waals surface area contributed by atoms with Crippen molar-refractivity contribution in [3.63, 3.8) is 0 Å². The molecule has 138 valence electrons. The maximum Gasteiger partial charge on any atom is 0.188 e. The van der Waals surface area contributed by atoms with E-state index < -0.39 is 0 Å². The van der Waals surface area contributed by atoms with E-state index in [1.165, 1.54) is 31.3 Å². The van der Waals surface area contributed by atoms with Gasteiger partial charge < -0.3 is 15.2 Å². The number of ether oxygens (including phenoxy) is 2. The smallest absolute Gasteiger partial charge is 0.188 e. The van der Waals surface area contributed by atoms with E-state index in [-0.39, 0.29) is 0 Å². The molecule has 4 rings (SSSR count). The molecule has 1 heterocycles. The van der Waals surface area contributed by atoms with E-state index in [1.807, 2.05) is 0 Å².